The van der Waals surface area contributed by atoms with Crippen LogP contribution in [0.4, 0.5) is 0 Å². The van der Waals surface area contributed by atoms with E-state index in [4.69, 9.17) is 13.9 Å². The van der Waals surface area contributed by atoms with Gasteiger partial charge in [0.25, 0.3) is 5.91 Å². The van der Waals surface area contributed by atoms with Crippen molar-refractivity contribution in [2.24, 2.45) is 0 Å². The van der Waals surface area contributed by atoms with Gasteiger partial charge in [0.1, 0.15) is 23.4 Å². The van der Waals surface area contributed by atoms with Gasteiger partial charge in [-0.2, -0.15) is 0 Å². The molecule has 2 aromatic heterocycles. The molecule has 28 heavy (non-hydrogen) atoms. The molecule has 1 aliphatic rings. The van der Waals surface area contributed by atoms with E-state index in [2.05, 4.69) is 4.98 Å². The molecule has 1 aliphatic heterocycles. The third-order valence-corrected chi connectivity index (χ3v) is 4.25. The van der Waals surface area contributed by atoms with Gasteiger partial charge < -0.3 is 18.8 Å². The van der Waals surface area contributed by atoms with Crippen LogP contribution in [0.5, 0.6) is 17.4 Å². The van der Waals surface area contributed by atoms with E-state index in [9.17, 15) is 9.59 Å². The van der Waals surface area contributed by atoms with Crippen molar-refractivity contribution in [3.63, 3.8) is 0 Å². The Morgan fingerprint density at radius 3 is 2.71 bits per heavy atom. The first-order chi connectivity index (χ1) is 13.6. The summed E-state index contributed by atoms with van der Waals surface area (Å²) in [6.07, 6.45) is 1.49. The summed E-state index contributed by atoms with van der Waals surface area (Å²) in [6.45, 7) is 2.58. The third-order valence-electron chi connectivity index (χ3n) is 4.25. The van der Waals surface area contributed by atoms with Crippen LogP contribution in [0, 0.1) is 6.92 Å². The summed E-state index contributed by atoms with van der Waals surface area (Å²) in [4.78, 5) is 29.9. The average Bonchev–Trinajstić information content (AvgIpc) is 2.64. The molecular formula is C21H18N2O5. The second kappa shape index (κ2) is 7.56. The van der Waals surface area contributed by atoms with Crippen molar-refractivity contribution in [1.82, 2.24) is 9.88 Å². The maximum absolute atomic E-state index is 12.7. The highest BCUT2D eigenvalue weighted by Crippen LogP contribution is 2.23. The summed E-state index contributed by atoms with van der Waals surface area (Å²) in [5.74, 6) is 1.85. The molecule has 1 saturated heterocycles. The standard InChI is InChI=1S/C21H18N2O5/c1-14-9-17(11-20(24)26-14)27-18-12-23(13-18)21(25)15-5-4-6-16(10-15)28-19-7-2-3-8-22-19/h2-11,18H,12-13H2,1H3. The molecule has 7 heteroatoms. The van der Waals surface area contributed by atoms with Gasteiger partial charge in [-0.15, -0.1) is 0 Å². The minimum atomic E-state index is -0.452. The molecule has 7 nitrogen and oxygen atoms in total. The highest BCUT2D eigenvalue weighted by molar-refractivity contribution is 5.95. The summed E-state index contributed by atoms with van der Waals surface area (Å²) < 4.78 is 16.3. The zero-order valence-electron chi connectivity index (χ0n) is 15.2. The van der Waals surface area contributed by atoms with Gasteiger partial charge in [-0.3, -0.25) is 4.79 Å². The monoisotopic (exact) mass is 378 g/mol. The van der Waals surface area contributed by atoms with E-state index in [1.54, 1.807) is 60.5 Å². The largest absolute Gasteiger partial charge is 0.486 e. The lowest BCUT2D eigenvalue weighted by Gasteiger charge is -2.39. The Hall–Kier alpha value is -3.61. The maximum Gasteiger partial charge on any atom is 0.339 e. The molecule has 0 bridgehead atoms. The number of hydrogen-bond acceptors (Lipinski definition) is 6. The van der Waals surface area contributed by atoms with Crippen LogP contribution < -0.4 is 15.1 Å². The number of benzene rings is 1. The number of hydrogen-bond donors (Lipinski definition) is 0. The van der Waals surface area contributed by atoms with Gasteiger partial charge in [0.2, 0.25) is 5.88 Å². The SMILES string of the molecule is Cc1cc(OC2CN(C(=O)c3cccc(Oc4ccccn4)c3)C2)cc(=O)o1. The molecule has 3 aromatic rings. The van der Waals surface area contributed by atoms with Crippen LogP contribution in [0.2, 0.25) is 0 Å². The van der Waals surface area contributed by atoms with E-state index < -0.39 is 5.63 Å². The normalized spacial score (nSPS) is 13.7. The number of aromatic nitrogens is 1. The molecular weight excluding hydrogens is 360 g/mol. The highest BCUT2D eigenvalue weighted by Gasteiger charge is 2.33. The fourth-order valence-corrected chi connectivity index (χ4v) is 2.92. The first-order valence-corrected chi connectivity index (χ1v) is 8.83. The highest BCUT2D eigenvalue weighted by atomic mass is 16.5. The molecule has 1 aromatic carbocycles. The molecule has 142 valence electrons. The van der Waals surface area contributed by atoms with Crippen LogP contribution in [0.3, 0.4) is 0 Å². The van der Waals surface area contributed by atoms with Crippen molar-refractivity contribution >= 4 is 5.91 Å². The summed E-state index contributed by atoms with van der Waals surface area (Å²) in [5.41, 5.74) is 0.0788. The van der Waals surface area contributed by atoms with Crippen LogP contribution in [-0.2, 0) is 0 Å². The summed E-state index contributed by atoms with van der Waals surface area (Å²) in [6, 6.07) is 15.3. The zero-order valence-corrected chi connectivity index (χ0v) is 15.2. The summed E-state index contributed by atoms with van der Waals surface area (Å²) >= 11 is 0. The van der Waals surface area contributed by atoms with Crippen molar-refractivity contribution in [1.29, 1.82) is 0 Å². The molecule has 3 heterocycles. The first-order valence-electron chi connectivity index (χ1n) is 8.83. The summed E-state index contributed by atoms with van der Waals surface area (Å²) in [5, 5.41) is 0. The number of likely N-dealkylation sites (tertiary alicyclic amines) is 1. The van der Waals surface area contributed by atoms with Gasteiger partial charge in [-0.05, 0) is 31.2 Å². The van der Waals surface area contributed by atoms with Gasteiger partial charge in [-0.25, -0.2) is 9.78 Å². The Morgan fingerprint density at radius 2 is 1.96 bits per heavy atom. The van der Waals surface area contributed by atoms with Crippen LogP contribution >= 0.6 is 0 Å². The van der Waals surface area contributed by atoms with Crippen molar-refractivity contribution < 1.29 is 18.7 Å². The number of aryl methyl sites for hydroxylation is 1. The fraction of sp³-hybridized carbons (Fsp3) is 0.190. The maximum atomic E-state index is 12.7. The van der Waals surface area contributed by atoms with Crippen LogP contribution in [0.25, 0.3) is 0 Å². The van der Waals surface area contributed by atoms with Crippen molar-refractivity contribution in [3.8, 4) is 17.4 Å². The van der Waals surface area contributed by atoms with Crippen molar-refractivity contribution in [3.05, 3.63) is 82.5 Å². The smallest absolute Gasteiger partial charge is 0.339 e. The quantitative estimate of drug-likeness (QED) is 0.679. The molecule has 0 aliphatic carbocycles. The van der Waals surface area contributed by atoms with E-state index in [1.807, 2.05) is 6.07 Å². The van der Waals surface area contributed by atoms with Crippen molar-refractivity contribution in [2.75, 3.05) is 13.1 Å². The lowest BCUT2D eigenvalue weighted by Crippen LogP contribution is -2.56. The minimum absolute atomic E-state index is 0.102. The van der Waals surface area contributed by atoms with E-state index in [0.717, 1.165) is 0 Å². The van der Waals surface area contributed by atoms with Gasteiger partial charge in [0.15, 0.2) is 0 Å². The fourth-order valence-electron chi connectivity index (χ4n) is 2.92. The van der Waals surface area contributed by atoms with Gasteiger partial charge >= 0.3 is 5.63 Å². The molecule has 0 atom stereocenters. The van der Waals surface area contributed by atoms with E-state index in [1.165, 1.54) is 6.07 Å². The Balaban J connectivity index is 1.37. The van der Waals surface area contributed by atoms with E-state index in [-0.39, 0.29) is 12.0 Å². The van der Waals surface area contributed by atoms with Crippen molar-refractivity contribution in [2.45, 2.75) is 13.0 Å². The van der Waals surface area contributed by atoms with Crippen LogP contribution in [-0.4, -0.2) is 35.0 Å². The Labute approximate surface area is 161 Å². The second-order valence-electron chi connectivity index (χ2n) is 6.47. The molecule has 0 radical (unpaired) electrons. The molecule has 4 rings (SSSR count). The number of amides is 1. The second-order valence-corrected chi connectivity index (χ2v) is 6.47. The number of nitrogens with zero attached hydrogens (tertiary/aromatic N) is 2. The van der Waals surface area contributed by atoms with E-state index in [0.29, 0.717) is 41.8 Å². The number of rotatable bonds is 5. The molecule has 0 N–H and O–H groups in total. The van der Waals surface area contributed by atoms with E-state index >= 15 is 0 Å². The molecule has 0 spiro atoms. The summed E-state index contributed by atoms with van der Waals surface area (Å²) in [7, 11) is 0. The third kappa shape index (κ3) is 4.03. The van der Waals surface area contributed by atoms with Crippen LogP contribution in [0.15, 0.2) is 70.0 Å². The van der Waals surface area contributed by atoms with Gasteiger partial charge in [-0.1, -0.05) is 12.1 Å². The molecule has 1 fully saturated rings. The van der Waals surface area contributed by atoms with Gasteiger partial charge in [0.05, 0.1) is 19.2 Å². The number of carbonyl (C=O) groups is 1. The molecule has 0 saturated carbocycles. The lowest BCUT2D eigenvalue weighted by molar-refractivity contribution is 0.0175. The predicted molar refractivity (Wildman–Crippen MR) is 101 cm³/mol. The van der Waals surface area contributed by atoms with Gasteiger partial charge in [0, 0.05) is 23.9 Å². The topological polar surface area (TPSA) is 81.9 Å². The Morgan fingerprint density at radius 1 is 1.11 bits per heavy atom. The predicted octanol–water partition coefficient (Wildman–Crippen LogP) is 3.04. The number of pyridine rings is 1. The molecule has 0 unspecified atom stereocenters. The average molecular weight is 378 g/mol. The number of carbonyl (C=O) groups excluding carboxylic acids is 1. The first kappa shape index (κ1) is 17.8. The lowest BCUT2D eigenvalue weighted by atomic mass is 10.1. The minimum Gasteiger partial charge on any atom is -0.486 e. The Bertz CT molecular complexity index is 1040. The number of ether oxygens (including phenoxy) is 2. The Kier molecular flexibility index (Phi) is 4.80. The zero-order chi connectivity index (χ0) is 19.5. The van der Waals surface area contributed by atoms with Crippen LogP contribution in [0.1, 0.15) is 16.1 Å². The molecule has 1 amide bonds.